The summed E-state index contributed by atoms with van der Waals surface area (Å²) in [6, 6.07) is 9.27. The summed E-state index contributed by atoms with van der Waals surface area (Å²) in [4.78, 5) is 28.5. The average Bonchev–Trinajstić information content (AvgIpc) is 3.18. The van der Waals surface area contributed by atoms with Crippen LogP contribution >= 0.6 is 0 Å². The van der Waals surface area contributed by atoms with E-state index in [4.69, 9.17) is 0 Å². The van der Waals surface area contributed by atoms with Crippen molar-refractivity contribution in [3.63, 3.8) is 0 Å². The number of nitrogens with one attached hydrogen (secondary N) is 2. The topological polar surface area (TPSA) is 88.9 Å². The van der Waals surface area contributed by atoms with Crippen molar-refractivity contribution in [3.8, 4) is 5.82 Å². The molecule has 0 spiro atoms. The molecule has 0 saturated heterocycles. The molecular formula is C23H24F3N5O2. The molecule has 0 fully saturated rings. The van der Waals surface area contributed by atoms with Crippen molar-refractivity contribution in [2.24, 2.45) is 5.92 Å². The molecule has 2 aromatic heterocycles. The first-order chi connectivity index (χ1) is 15.6. The second-order valence-corrected chi connectivity index (χ2v) is 7.64. The van der Waals surface area contributed by atoms with Gasteiger partial charge in [0, 0.05) is 24.3 Å². The summed E-state index contributed by atoms with van der Waals surface area (Å²) >= 11 is 0. The summed E-state index contributed by atoms with van der Waals surface area (Å²) in [5, 5.41) is 9.73. The molecule has 2 heterocycles. The van der Waals surface area contributed by atoms with E-state index in [1.54, 1.807) is 25.1 Å². The van der Waals surface area contributed by atoms with Crippen LogP contribution in [0.4, 0.5) is 18.9 Å². The van der Waals surface area contributed by atoms with Crippen molar-refractivity contribution < 1.29 is 22.8 Å². The van der Waals surface area contributed by atoms with Crippen LogP contribution in [-0.2, 0) is 17.5 Å². The maximum atomic E-state index is 12.7. The minimum absolute atomic E-state index is 0.0707. The Morgan fingerprint density at radius 3 is 2.55 bits per heavy atom. The van der Waals surface area contributed by atoms with Gasteiger partial charge in [0.2, 0.25) is 5.91 Å². The zero-order chi connectivity index (χ0) is 24.2. The Hall–Kier alpha value is -3.69. The van der Waals surface area contributed by atoms with E-state index in [2.05, 4.69) is 20.7 Å². The SMILES string of the molecule is CCC(C)C(=O)Nc1cccc(CNC(=O)c2cnn(-c3ccc(C(F)(F)F)cn3)c2C)c1. The first-order valence-electron chi connectivity index (χ1n) is 10.4. The summed E-state index contributed by atoms with van der Waals surface area (Å²) in [6.07, 6.45) is -1.68. The Bertz CT molecular complexity index is 1140. The number of amides is 2. The number of pyridine rings is 1. The van der Waals surface area contributed by atoms with Crippen LogP contribution in [0.5, 0.6) is 0 Å². The number of hydrogen-bond acceptors (Lipinski definition) is 4. The zero-order valence-electron chi connectivity index (χ0n) is 18.4. The maximum Gasteiger partial charge on any atom is 0.417 e. The predicted octanol–water partition coefficient (Wildman–Crippen LogP) is 4.51. The molecule has 0 saturated carbocycles. The van der Waals surface area contributed by atoms with E-state index in [-0.39, 0.29) is 35.7 Å². The fraction of sp³-hybridized carbons (Fsp3) is 0.304. The highest BCUT2D eigenvalue weighted by Gasteiger charge is 2.30. The highest BCUT2D eigenvalue weighted by molar-refractivity contribution is 5.95. The van der Waals surface area contributed by atoms with E-state index in [0.29, 0.717) is 11.4 Å². The lowest BCUT2D eigenvalue weighted by Gasteiger charge is -2.11. The second kappa shape index (κ2) is 9.85. The van der Waals surface area contributed by atoms with Crippen molar-refractivity contribution in [3.05, 3.63) is 71.2 Å². The lowest BCUT2D eigenvalue weighted by atomic mass is 10.1. The summed E-state index contributed by atoms with van der Waals surface area (Å²) in [7, 11) is 0. The number of hydrogen-bond donors (Lipinski definition) is 2. The number of halogens is 3. The third kappa shape index (κ3) is 5.76. The Kier molecular flexibility index (Phi) is 7.15. The molecule has 0 aliphatic carbocycles. The van der Waals surface area contributed by atoms with Gasteiger partial charge in [-0.05, 0) is 43.2 Å². The number of alkyl halides is 3. The van der Waals surface area contributed by atoms with Gasteiger partial charge in [-0.3, -0.25) is 9.59 Å². The van der Waals surface area contributed by atoms with Crippen LogP contribution in [0.15, 0.2) is 48.8 Å². The average molecular weight is 459 g/mol. The van der Waals surface area contributed by atoms with E-state index < -0.39 is 11.7 Å². The molecular weight excluding hydrogens is 435 g/mol. The van der Waals surface area contributed by atoms with E-state index in [1.165, 1.54) is 16.9 Å². The second-order valence-electron chi connectivity index (χ2n) is 7.64. The molecule has 0 aliphatic heterocycles. The molecule has 2 N–H and O–H groups in total. The van der Waals surface area contributed by atoms with Gasteiger partial charge in [-0.1, -0.05) is 26.0 Å². The number of carbonyl (C=O) groups is 2. The molecule has 0 bridgehead atoms. The highest BCUT2D eigenvalue weighted by Crippen LogP contribution is 2.28. The van der Waals surface area contributed by atoms with Gasteiger partial charge in [-0.2, -0.15) is 18.3 Å². The third-order valence-corrected chi connectivity index (χ3v) is 5.25. The molecule has 3 aromatic rings. The van der Waals surface area contributed by atoms with E-state index in [0.717, 1.165) is 24.2 Å². The summed E-state index contributed by atoms with van der Waals surface area (Å²) in [6.45, 7) is 5.64. The summed E-state index contributed by atoms with van der Waals surface area (Å²) < 4.78 is 39.5. The Balaban J connectivity index is 1.67. The monoisotopic (exact) mass is 459 g/mol. The smallest absolute Gasteiger partial charge is 0.348 e. The Morgan fingerprint density at radius 1 is 1.15 bits per heavy atom. The molecule has 10 heteroatoms. The number of anilines is 1. The van der Waals surface area contributed by atoms with Crippen molar-refractivity contribution in [2.45, 2.75) is 39.9 Å². The van der Waals surface area contributed by atoms with E-state index in [9.17, 15) is 22.8 Å². The van der Waals surface area contributed by atoms with Gasteiger partial charge in [0.15, 0.2) is 5.82 Å². The predicted molar refractivity (Wildman–Crippen MR) is 117 cm³/mol. The number of rotatable bonds is 7. The third-order valence-electron chi connectivity index (χ3n) is 5.25. The van der Waals surface area contributed by atoms with Crippen LogP contribution in [0.2, 0.25) is 0 Å². The molecule has 174 valence electrons. The van der Waals surface area contributed by atoms with Gasteiger partial charge < -0.3 is 10.6 Å². The molecule has 7 nitrogen and oxygen atoms in total. The minimum Gasteiger partial charge on any atom is -0.348 e. The molecule has 1 unspecified atom stereocenters. The number of benzene rings is 1. The normalized spacial score (nSPS) is 12.3. The number of nitrogens with zero attached hydrogens (tertiary/aromatic N) is 3. The summed E-state index contributed by atoms with van der Waals surface area (Å²) in [5.74, 6) is -0.394. The Morgan fingerprint density at radius 2 is 1.91 bits per heavy atom. The highest BCUT2D eigenvalue weighted by atomic mass is 19.4. The van der Waals surface area contributed by atoms with Crippen molar-refractivity contribution in [1.29, 1.82) is 0 Å². The number of aromatic nitrogens is 3. The van der Waals surface area contributed by atoms with Gasteiger partial charge in [-0.25, -0.2) is 9.67 Å². The zero-order valence-corrected chi connectivity index (χ0v) is 18.4. The standard InChI is InChI=1S/C23H24F3N5O2/c1-4-14(2)21(32)30-18-7-5-6-16(10-18)11-28-22(33)19-13-29-31(15(19)3)20-9-8-17(12-27-20)23(24,25)26/h5-10,12-14H,4,11H2,1-3H3,(H,28,33)(H,30,32). The van der Waals surface area contributed by atoms with Crippen LogP contribution in [0.1, 0.15) is 47.4 Å². The Labute approximate surface area is 189 Å². The minimum atomic E-state index is -4.48. The lowest BCUT2D eigenvalue weighted by Crippen LogP contribution is -2.23. The fourth-order valence-electron chi connectivity index (χ4n) is 3.03. The van der Waals surface area contributed by atoms with Crippen molar-refractivity contribution >= 4 is 17.5 Å². The number of carbonyl (C=O) groups excluding carboxylic acids is 2. The van der Waals surface area contributed by atoms with E-state index in [1.807, 2.05) is 19.9 Å². The fourth-order valence-corrected chi connectivity index (χ4v) is 3.03. The maximum absolute atomic E-state index is 12.7. The van der Waals surface area contributed by atoms with Gasteiger partial charge >= 0.3 is 6.18 Å². The van der Waals surface area contributed by atoms with Crippen molar-refractivity contribution in [1.82, 2.24) is 20.1 Å². The molecule has 1 atom stereocenters. The van der Waals surface area contributed by atoms with Crippen LogP contribution in [-0.4, -0.2) is 26.6 Å². The molecule has 0 aliphatic rings. The quantitative estimate of drug-likeness (QED) is 0.544. The van der Waals surface area contributed by atoms with E-state index >= 15 is 0 Å². The molecule has 1 aromatic carbocycles. The van der Waals surface area contributed by atoms with Crippen LogP contribution < -0.4 is 10.6 Å². The lowest BCUT2D eigenvalue weighted by molar-refractivity contribution is -0.137. The van der Waals surface area contributed by atoms with Gasteiger partial charge in [0.1, 0.15) is 0 Å². The first-order valence-corrected chi connectivity index (χ1v) is 10.4. The van der Waals surface area contributed by atoms with Gasteiger partial charge in [-0.15, -0.1) is 0 Å². The molecule has 2 amide bonds. The molecule has 3 rings (SSSR count). The summed E-state index contributed by atoms with van der Waals surface area (Å²) in [5.41, 5.74) is 1.29. The largest absolute Gasteiger partial charge is 0.417 e. The molecule has 33 heavy (non-hydrogen) atoms. The molecule has 0 radical (unpaired) electrons. The first kappa shape index (κ1) is 24.0. The van der Waals surface area contributed by atoms with Crippen LogP contribution in [0.3, 0.4) is 0 Å². The van der Waals surface area contributed by atoms with Crippen LogP contribution in [0, 0.1) is 12.8 Å². The van der Waals surface area contributed by atoms with Gasteiger partial charge in [0.25, 0.3) is 5.91 Å². The van der Waals surface area contributed by atoms with Crippen LogP contribution in [0.25, 0.3) is 5.82 Å². The van der Waals surface area contributed by atoms with Crippen molar-refractivity contribution in [2.75, 3.05) is 5.32 Å². The van der Waals surface area contributed by atoms with Gasteiger partial charge in [0.05, 0.1) is 23.0 Å².